The Kier molecular flexibility index (Phi) is 7.18. The zero-order chi connectivity index (χ0) is 30.5. The molecule has 0 heterocycles. The third-order valence-electron chi connectivity index (χ3n) is 11.9. The van der Waals surface area contributed by atoms with Gasteiger partial charge in [-0.3, -0.25) is 0 Å². The summed E-state index contributed by atoms with van der Waals surface area (Å²) in [6.45, 7) is 0. The normalized spacial score (nSPS) is 24.4. The maximum atomic E-state index is 2.46. The van der Waals surface area contributed by atoms with Crippen LogP contribution >= 0.6 is 0 Å². The highest BCUT2D eigenvalue weighted by Gasteiger charge is 2.45. The van der Waals surface area contributed by atoms with Gasteiger partial charge in [0.2, 0.25) is 0 Å². The van der Waals surface area contributed by atoms with E-state index in [-0.39, 0.29) is 0 Å². The van der Waals surface area contributed by atoms with E-state index in [1.165, 1.54) is 103 Å². The molecule has 0 N–H and O–H groups in total. The fourth-order valence-corrected chi connectivity index (χ4v) is 9.87. The standard InChI is InChI=1S/C44H44N2/c1-3-11-38(12-4-1)45(40-21-18-33(19-22-40)44-24-20-35-25-31-26-36(35)28-37(44)27-31)41-15-8-16-42(30-41)46(39-13-5-2-6-14-39)43-23-17-32-9-7-10-34(32)29-43/h1-6,8,11-19,21-23,29-31,35-37,44H,7,9-10,20,24-28H2. The van der Waals surface area contributed by atoms with Gasteiger partial charge >= 0.3 is 0 Å². The lowest BCUT2D eigenvalue weighted by atomic mass is 9.72. The highest BCUT2D eigenvalue weighted by molar-refractivity contribution is 5.83. The van der Waals surface area contributed by atoms with E-state index in [2.05, 4.69) is 137 Å². The number of aryl methyl sites for hydroxylation is 2. The summed E-state index contributed by atoms with van der Waals surface area (Å²) in [6, 6.07) is 47.6. The van der Waals surface area contributed by atoms with Crippen molar-refractivity contribution in [3.63, 3.8) is 0 Å². The molecule has 0 saturated heterocycles. The molecule has 0 spiro atoms. The Balaban J connectivity index is 1.09. The molecule has 0 amide bonds. The molecule has 5 unspecified atom stereocenters. The number of hydrogen-bond acceptors (Lipinski definition) is 2. The monoisotopic (exact) mass is 600 g/mol. The van der Waals surface area contributed by atoms with Crippen LogP contribution in [0.4, 0.5) is 34.1 Å². The summed E-state index contributed by atoms with van der Waals surface area (Å²) in [6.07, 6.45) is 12.4. The van der Waals surface area contributed by atoms with Gasteiger partial charge in [0.05, 0.1) is 0 Å². The van der Waals surface area contributed by atoms with E-state index in [0.29, 0.717) is 0 Å². The highest BCUT2D eigenvalue weighted by Crippen LogP contribution is 2.57. The van der Waals surface area contributed by atoms with Crippen molar-refractivity contribution in [1.29, 1.82) is 0 Å². The Morgan fingerprint density at radius 3 is 1.72 bits per heavy atom. The minimum atomic E-state index is 0.727. The van der Waals surface area contributed by atoms with Crippen molar-refractivity contribution in [2.24, 2.45) is 23.7 Å². The van der Waals surface area contributed by atoms with Crippen molar-refractivity contribution in [2.45, 2.75) is 63.7 Å². The number of rotatable bonds is 7. The molecule has 3 fully saturated rings. The number of anilines is 6. The Hall–Kier alpha value is -4.30. The average molecular weight is 601 g/mol. The van der Waals surface area contributed by atoms with Gasteiger partial charge in [0.1, 0.15) is 0 Å². The SMILES string of the molecule is c1ccc(N(c2ccc(C3CCC4CC5CC4CC3C5)cc2)c2cccc(N(c3ccccc3)c3ccc4c(c3)CCC4)c2)cc1. The molecule has 3 bridgehead atoms. The molecule has 4 aliphatic carbocycles. The molecular formula is C44H44N2. The number of benzene rings is 5. The summed E-state index contributed by atoms with van der Waals surface area (Å²) < 4.78 is 0. The van der Waals surface area contributed by atoms with Crippen molar-refractivity contribution in [2.75, 3.05) is 9.80 Å². The molecule has 5 atom stereocenters. The zero-order valence-corrected chi connectivity index (χ0v) is 26.8. The Morgan fingerprint density at radius 1 is 0.413 bits per heavy atom. The molecule has 5 aromatic rings. The van der Waals surface area contributed by atoms with Gasteiger partial charge in [-0.25, -0.2) is 0 Å². The molecule has 230 valence electrons. The lowest BCUT2D eigenvalue weighted by molar-refractivity contribution is 0.232. The van der Waals surface area contributed by atoms with Gasteiger partial charge in [-0.05, 0) is 171 Å². The molecule has 4 aliphatic rings. The van der Waals surface area contributed by atoms with E-state index in [4.69, 9.17) is 0 Å². The fraction of sp³-hybridized carbons (Fsp3) is 0.318. The molecule has 46 heavy (non-hydrogen) atoms. The lowest BCUT2D eigenvalue weighted by Gasteiger charge is -2.33. The van der Waals surface area contributed by atoms with Crippen molar-refractivity contribution in [1.82, 2.24) is 0 Å². The summed E-state index contributed by atoms with van der Waals surface area (Å²) in [5, 5.41) is 0. The van der Waals surface area contributed by atoms with E-state index in [1.54, 1.807) is 5.56 Å². The van der Waals surface area contributed by atoms with Crippen LogP contribution in [-0.2, 0) is 12.8 Å². The maximum absolute atomic E-state index is 2.46. The van der Waals surface area contributed by atoms with Crippen LogP contribution in [0.5, 0.6) is 0 Å². The van der Waals surface area contributed by atoms with Gasteiger partial charge in [-0.1, -0.05) is 60.7 Å². The molecule has 0 aliphatic heterocycles. The van der Waals surface area contributed by atoms with Crippen LogP contribution in [0.25, 0.3) is 0 Å². The van der Waals surface area contributed by atoms with Crippen LogP contribution in [0.2, 0.25) is 0 Å². The number of fused-ring (bicyclic) bond motifs is 3. The molecule has 9 rings (SSSR count). The van der Waals surface area contributed by atoms with E-state index < -0.39 is 0 Å². The summed E-state index contributed by atoms with van der Waals surface area (Å²) >= 11 is 0. The first-order chi connectivity index (χ1) is 22.8. The van der Waals surface area contributed by atoms with E-state index in [0.717, 1.165) is 29.6 Å². The third-order valence-corrected chi connectivity index (χ3v) is 11.9. The molecule has 3 saturated carbocycles. The first kappa shape index (κ1) is 28.0. The van der Waals surface area contributed by atoms with Gasteiger partial charge < -0.3 is 9.80 Å². The van der Waals surface area contributed by atoms with Gasteiger partial charge in [-0.15, -0.1) is 0 Å². The van der Waals surface area contributed by atoms with Crippen molar-refractivity contribution >= 4 is 34.1 Å². The summed E-state index contributed by atoms with van der Waals surface area (Å²) in [5.74, 6) is 4.63. The minimum absolute atomic E-state index is 0.727. The number of nitrogens with zero attached hydrogens (tertiary/aromatic N) is 2. The van der Waals surface area contributed by atoms with Crippen LogP contribution in [0.1, 0.15) is 67.6 Å². The van der Waals surface area contributed by atoms with Crippen molar-refractivity contribution in [3.05, 3.63) is 144 Å². The molecule has 2 heteroatoms. The first-order valence-corrected chi connectivity index (χ1v) is 17.8. The van der Waals surface area contributed by atoms with Crippen molar-refractivity contribution < 1.29 is 0 Å². The highest BCUT2D eigenvalue weighted by atomic mass is 15.2. The Labute approximate surface area is 274 Å². The second-order valence-corrected chi connectivity index (χ2v) is 14.5. The average Bonchev–Trinajstić information content (AvgIpc) is 3.66. The molecule has 0 aromatic heterocycles. The number of hydrogen-bond donors (Lipinski definition) is 0. The van der Waals surface area contributed by atoms with E-state index in [1.807, 2.05) is 0 Å². The largest absolute Gasteiger partial charge is 0.310 e. The van der Waals surface area contributed by atoms with Crippen LogP contribution in [-0.4, -0.2) is 0 Å². The van der Waals surface area contributed by atoms with Crippen LogP contribution in [0.15, 0.2) is 127 Å². The topological polar surface area (TPSA) is 6.48 Å². The summed E-state index contributed by atoms with van der Waals surface area (Å²) in [4.78, 5) is 4.85. The Morgan fingerprint density at radius 2 is 0.978 bits per heavy atom. The number of para-hydroxylation sites is 2. The van der Waals surface area contributed by atoms with Gasteiger partial charge in [0.15, 0.2) is 0 Å². The van der Waals surface area contributed by atoms with E-state index in [9.17, 15) is 0 Å². The molecule has 2 nitrogen and oxygen atoms in total. The summed E-state index contributed by atoms with van der Waals surface area (Å²) in [7, 11) is 0. The third kappa shape index (κ3) is 5.13. The quantitative estimate of drug-likeness (QED) is 0.183. The van der Waals surface area contributed by atoms with Gasteiger partial charge in [-0.2, -0.15) is 0 Å². The zero-order valence-electron chi connectivity index (χ0n) is 26.8. The van der Waals surface area contributed by atoms with Crippen molar-refractivity contribution in [3.8, 4) is 0 Å². The second kappa shape index (κ2) is 11.8. The van der Waals surface area contributed by atoms with Crippen LogP contribution < -0.4 is 9.80 Å². The predicted molar refractivity (Wildman–Crippen MR) is 192 cm³/mol. The maximum Gasteiger partial charge on any atom is 0.0482 e. The fourth-order valence-electron chi connectivity index (χ4n) is 9.87. The minimum Gasteiger partial charge on any atom is -0.310 e. The van der Waals surface area contributed by atoms with Crippen LogP contribution in [0.3, 0.4) is 0 Å². The van der Waals surface area contributed by atoms with Crippen LogP contribution in [0, 0.1) is 23.7 Å². The molecular weight excluding hydrogens is 556 g/mol. The molecule has 0 radical (unpaired) electrons. The van der Waals surface area contributed by atoms with E-state index >= 15 is 0 Å². The first-order valence-electron chi connectivity index (χ1n) is 17.8. The summed E-state index contributed by atoms with van der Waals surface area (Å²) in [5.41, 5.74) is 11.7. The smallest absolute Gasteiger partial charge is 0.0482 e. The second-order valence-electron chi connectivity index (χ2n) is 14.5. The predicted octanol–water partition coefficient (Wildman–Crippen LogP) is 12.0. The van der Waals surface area contributed by atoms with Gasteiger partial charge in [0, 0.05) is 34.1 Å². The van der Waals surface area contributed by atoms with Gasteiger partial charge in [0.25, 0.3) is 0 Å². The lowest BCUT2D eigenvalue weighted by Crippen LogP contribution is -2.21. The molecule has 5 aromatic carbocycles. The Bertz CT molecular complexity index is 1810.